The zero-order valence-electron chi connectivity index (χ0n) is 10.1. The standard InChI is InChI=1S/C11H23N3O2/c1-8(15)10-5-11(12)7-14(6-10)4-3-13-9(2)16/h8,10-11,15H,3-7,12H2,1-2H3,(H,13,16). The summed E-state index contributed by atoms with van der Waals surface area (Å²) in [5.74, 6) is 0.245. The van der Waals surface area contributed by atoms with Crippen LogP contribution in [0.1, 0.15) is 20.3 Å². The lowest BCUT2D eigenvalue weighted by Crippen LogP contribution is -2.51. The second-order valence-corrected chi connectivity index (χ2v) is 4.74. The summed E-state index contributed by atoms with van der Waals surface area (Å²) in [6.45, 7) is 6.49. The summed E-state index contributed by atoms with van der Waals surface area (Å²) >= 11 is 0. The van der Waals surface area contributed by atoms with Gasteiger partial charge in [-0.25, -0.2) is 0 Å². The lowest BCUT2D eigenvalue weighted by Gasteiger charge is -2.37. The third kappa shape index (κ3) is 4.47. The number of amides is 1. The molecule has 1 saturated heterocycles. The van der Waals surface area contributed by atoms with E-state index in [1.165, 1.54) is 6.92 Å². The third-order valence-corrected chi connectivity index (χ3v) is 3.08. The smallest absolute Gasteiger partial charge is 0.216 e. The summed E-state index contributed by atoms with van der Waals surface area (Å²) in [7, 11) is 0. The molecule has 0 aromatic heterocycles. The number of nitrogens with two attached hydrogens (primary N) is 1. The minimum atomic E-state index is -0.311. The number of aliphatic hydroxyl groups is 1. The molecule has 0 aromatic carbocycles. The van der Waals surface area contributed by atoms with Crippen LogP contribution in [0.4, 0.5) is 0 Å². The summed E-state index contributed by atoms with van der Waals surface area (Å²) in [4.78, 5) is 12.9. The van der Waals surface area contributed by atoms with Crippen molar-refractivity contribution in [1.82, 2.24) is 10.2 Å². The van der Waals surface area contributed by atoms with E-state index >= 15 is 0 Å². The number of carbonyl (C=O) groups excluding carboxylic acids is 1. The van der Waals surface area contributed by atoms with E-state index in [1.807, 2.05) is 6.92 Å². The topological polar surface area (TPSA) is 78.6 Å². The normalized spacial score (nSPS) is 28.8. The fourth-order valence-corrected chi connectivity index (χ4v) is 2.20. The molecule has 0 spiro atoms. The first-order valence-corrected chi connectivity index (χ1v) is 5.89. The number of hydrogen-bond acceptors (Lipinski definition) is 4. The number of hydrogen-bond donors (Lipinski definition) is 3. The van der Waals surface area contributed by atoms with Crippen molar-refractivity contribution in [2.45, 2.75) is 32.4 Å². The minimum absolute atomic E-state index is 0.00613. The predicted molar refractivity (Wildman–Crippen MR) is 62.9 cm³/mol. The van der Waals surface area contributed by atoms with Crippen molar-refractivity contribution in [2.75, 3.05) is 26.2 Å². The molecule has 3 unspecified atom stereocenters. The summed E-state index contributed by atoms with van der Waals surface area (Å²) in [6.07, 6.45) is 0.573. The average molecular weight is 229 g/mol. The van der Waals surface area contributed by atoms with Crippen LogP contribution in [0.3, 0.4) is 0 Å². The van der Waals surface area contributed by atoms with Crippen molar-refractivity contribution in [2.24, 2.45) is 11.7 Å². The number of nitrogens with one attached hydrogen (secondary N) is 1. The highest BCUT2D eigenvalue weighted by Gasteiger charge is 2.27. The fraction of sp³-hybridized carbons (Fsp3) is 0.909. The molecule has 1 aliphatic rings. The lowest BCUT2D eigenvalue weighted by atomic mass is 9.91. The number of carbonyl (C=O) groups is 1. The molecule has 94 valence electrons. The number of aliphatic hydroxyl groups excluding tert-OH is 1. The highest BCUT2D eigenvalue weighted by atomic mass is 16.3. The van der Waals surface area contributed by atoms with Gasteiger partial charge in [-0.2, -0.15) is 0 Å². The van der Waals surface area contributed by atoms with E-state index in [-0.39, 0.29) is 24.0 Å². The van der Waals surface area contributed by atoms with E-state index in [9.17, 15) is 9.90 Å². The number of likely N-dealkylation sites (tertiary alicyclic amines) is 1. The molecule has 3 atom stereocenters. The highest BCUT2D eigenvalue weighted by Crippen LogP contribution is 2.18. The van der Waals surface area contributed by atoms with Gasteiger partial charge >= 0.3 is 0 Å². The van der Waals surface area contributed by atoms with Crippen molar-refractivity contribution in [1.29, 1.82) is 0 Å². The number of nitrogens with zero attached hydrogens (tertiary/aromatic N) is 1. The molecule has 16 heavy (non-hydrogen) atoms. The van der Waals surface area contributed by atoms with Crippen LogP contribution in [0.2, 0.25) is 0 Å². The van der Waals surface area contributed by atoms with Gasteiger partial charge in [-0.15, -0.1) is 0 Å². The molecule has 0 saturated carbocycles. The quantitative estimate of drug-likeness (QED) is 0.587. The van der Waals surface area contributed by atoms with Crippen molar-refractivity contribution in [3.8, 4) is 0 Å². The van der Waals surface area contributed by atoms with Gasteiger partial charge in [0.05, 0.1) is 6.10 Å². The lowest BCUT2D eigenvalue weighted by molar-refractivity contribution is -0.119. The van der Waals surface area contributed by atoms with Gasteiger partial charge in [0.2, 0.25) is 5.91 Å². The molecule has 0 bridgehead atoms. The molecule has 4 N–H and O–H groups in total. The Hall–Kier alpha value is -0.650. The number of rotatable bonds is 4. The van der Waals surface area contributed by atoms with E-state index in [1.54, 1.807) is 0 Å². The molecule has 1 heterocycles. The predicted octanol–water partition coefficient (Wildman–Crippen LogP) is -0.847. The second-order valence-electron chi connectivity index (χ2n) is 4.74. The van der Waals surface area contributed by atoms with Crippen LogP contribution < -0.4 is 11.1 Å². The molecule has 1 amide bonds. The summed E-state index contributed by atoms with van der Waals surface area (Å²) in [5, 5.41) is 12.3. The Balaban J connectivity index is 2.33. The first-order chi connectivity index (χ1) is 7.49. The van der Waals surface area contributed by atoms with Gasteiger partial charge in [0.1, 0.15) is 0 Å². The molecule has 1 fully saturated rings. The first kappa shape index (κ1) is 13.4. The second kappa shape index (κ2) is 6.18. The van der Waals surface area contributed by atoms with Crippen LogP contribution in [0.15, 0.2) is 0 Å². The minimum Gasteiger partial charge on any atom is -0.393 e. The van der Waals surface area contributed by atoms with Gasteiger partial charge in [0.15, 0.2) is 0 Å². The van der Waals surface area contributed by atoms with Gasteiger partial charge in [0, 0.05) is 39.1 Å². The Morgan fingerprint density at radius 2 is 2.31 bits per heavy atom. The number of piperidine rings is 1. The first-order valence-electron chi connectivity index (χ1n) is 5.89. The summed E-state index contributed by atoms with van der Waals surface area (Å²) in [6, 6.07) is 0.130. The van der Waals surface area contributed by atoms with E-state index < -0.39 is 0 Å². The van der Waals surface area contributed by atoms with E-state index in [4.69, 9.17) is 5.73 Å². The van der Waals surface area contributed by atoms with Crippen LogP contribution in [-0.2, 0) is 4.79 Å². The molecule has 1 aliphatic heterocycles. The van der Waals surface area contributed by atoms with Gasteiger partial charge < -0.3 is 16.2 Å². The van der Waals surface area contributed by atoms with E-state index in [0.29, 0.717) is 6.54 Å². The molecule has 0 aromatic rings. The maximum Gasteiger partial charge on any atom is 0.216 e. The van der Waals surface area contributed by atoms with Crippen LogP contribution in [0.25, 0.3) is 0 Å². The summed E-state index contributed by atoms with van der Waals surface area (Å²) < 4.78 is 0. The highest BCUT2D eigenvalue weighted by molar-refractivity contribution is 5.72. The van der Waals surface area contributed by atoms with Gasteiger partial charge in [-0.05, 0) is 19.3 Å². The van der Waals surface area contributed by atoms with Crippen molar-refractivity contribution < 1.29 is 9.90 Å². The largest absolute Gasteiger partial charge is 0.393 e. The van der Waals surface area contributed by atoms with Gasteiger partial charge in [-0.1, -0.05) is 0 Å². The molecular formula is C11H23N3O2. The van der Waals surface area contributed by atoms with E-state index in [2.05, 4.69) is 10.2 Å². The van der Waals surface area contributed by atoms with Crippen LogP contribution in [0.5, 0.6) is 0 Å². The third-order valence-electron chi connectivity index (χ3n) is 3.08. The Labute approximate surface area is 97.0 Å². The van der Waals surface area contributed by atoms with Crippen LogP contribution >= 0.6 is 0 Å². The molecule has 0 radical (unpaired) electrons. The Kier molecular flexibility index (Phi) is 5.18. The monoisotopic (exact) mass is 229 g/mol. The van der Waals surface area contributed by atoms with Gasteiger partial charge in [-0.3, -0.25) is 9.69 Å². The molecule has 5 heteroatoms. The molecular weight excluding hydrogens is 206 g/mol. The summed E-state index contributed by atoms with van der Waals surface area (Å²) in [5.41, 5.74) is 5.94. The maximum absolute atomic E-state index is 10.7. The van der Waals surface area contributed by atoms with Crippen LogP contribution in [-0.4, -0.2) is 54.2 Å². The van der Waals surface area contributed by atoms with Gasteiger partial charge in [0.25, 0.3) is 0 Å². The fourth-order valence-electron chi connectivity index (χ4n) is 2.20. The maximum atomic E-state index is 10.7. The SMILES string of the molecule is CC(=O)NCCN1CC(N)CC(C(C)O)C1. The van der Waals surface area contributed by atoms with Crippen molar-refractivity contribution in [3.05, 3.63) is 0 Å². The van der Waals surface area contributed by atoms with Crippen molar-refractivity contribution >= 4 is 5.91 Å². The van der Waals surface area contributed by atoms with Crippen LogP contribution in [0, 0.1) is 5.92 Å². The zero-order valence-corrected chi connectivity index (χ0v) is 10.1. The Morgan fingerprint density at radius 3 is 2.88 bits per heavy atom. The Bertz CT molecular complexity index is 233. The molecule has 1 rings (SSSR count). The van der Waals surface area contributed by atoms with Crippen molar-refractivity contribution in [3.63, 3.8) is 0 Å². The average Bonchev–Trinajstić information content (AvgIpc) is 2.16. The molecule has 5 nitrogen and oxygen atoms in total. The zero-order chi connectivity index (χ0) is 12.1. The Morgan fingerprint density at radius 1 is 1.62 bits per heavy atom. The van der Waals surface area contributed by atoms with E-state index in [0.717, 1.165) is 26.1 Å². The molecule has 0 aliphatic carbocycles.